The maximum atomic E-state index is 11.8. The smallest absolute Gasteiger partial charge is 0.316 e. The molecule has 1 saturated carbocycles. The summed E-state index contributed by atoms with van der Waals surface area (Å²) in [5.74, 6) is 1.15. The number of methoxy groups -OCH3 is 1. The van der Waals surface area contributed by atoms with Crippen molar-refractivity contribution in [2.24, 2.45) is 0 Å². The largest absolute Gasteiger partial charge is 0.468 e. The summed E-state index contributed by atoms with van der Waals surface area (Å²) in [7, 11) is 1.48. The van der Waals surface area contributed by atoms with Gasteiger partial charge < -0.3 is 4.74 Å². The quantitative estimate of drug-likeness (QED) is 0.753. The zero-order chi connectivity index (χ0) is 11.9. The van der Waals surface area contributed by atoms with Crippen molar-refractivity contribution < 1.29 is 9.53 Å². The standard InChI is InChI=1S/C14H16O2S/c1-16-13(15)14(6-7-14)11-4-5-12-10(9-11)3-2-8-17-12/h4-5,9H,2-3,6-8H2,1H3. The zero-order valence-corrected chi connectivity index (χ0v) is 10.8. The van der Waals surface area contributed by atoms with Gasteiger partial charge in [0, 0.05) is 4.90 Å². The van der Waals surface area contributed by atoms with Gasteiger partial charge in [0.05, 0.1) is 12.5 Å². The van der Waals surface area contributed by atoms with Crippen LogP contribution in [0.1, 0.15) is 30.4 Å². The van der Waals surface area contributed by atoms with Gasteiger partial charge in [0.1, 0.15) is 0 Å². The molecule has 0 amide bonds. The topological polar surface area (TPSA) is 26.3 Å². The molecule has 1 fully saturated rings. The summed E-state index contributed by atoms with van der Waals surface area (Å²) < 4.78 is 4.93. The Labute approximate surface area is 106 Å². The Morgan fingerprint density at radius 3 is 2.94 bits per heavy atom. The maximum absolute atomic E-state index is 11.8. The second-order valence-electron chi connectivity index (χ2n) is 4.85. The number of carbonyl (C=O) groups is 1. The number of hydrogen-bond acceptors (Lipinski definition) is 3. The lowest BCUT2D eigenvalue weighted by Gasteiger charge is -2.19. The Morgan fingerprint density at radius 1 is 1.41 bits per heavy atom. The molecule has 0 aromatic heterocycles. The Balaban J connectivity index is 1.96. The summed E-state index contributed by atoms with van der Waals surface area (Å²) in [5.41, 5.74) is 2.26. The average Bonchev–Trinajstić information content (AvgIpc) is 3.19. The third-order valence-corrected chi connectivity index (χ3v) is 4.99. The second-order valence-corrected chi connectivity index (χ2v) is 5.98. The number of ether oxygens (including phenoxy) is 1. The van der Waals surface area contributed by atoms with Crippen molar-refractivity contribution >= 4 is 17.7 Å². The lowest BCUT2D eigenvalue weighted by molar-refractivity contribution is -0.143. The number of thioether (sulfide) groups is 1. The normalized spacial score (nSPS) is 20.5. The molecule has 0 bridgehead atoms. The third-order valence-electron chi connectivity index (χ3n) is 3.79. The van der Waals surface area contributed by atoms with E-state index in [1.54, 1.807) is 0 Å². The Bertz CT molecular complexity index is 463. The lowest BCUT2D eigenvalue weighted by Crippen LogP contribution is -2.22. The zero-order valence-electron chi connectivity index (χ0n) is 9.99. The van der Waals surface area contributed by atoms with Gasteiger partial charge in [0.25, 0.3) is 0 Å². The number of fused-ring (bicyclic) bond motifs is 1. The molecule has 1 aliphatic heterocycles. The number of hydrogen-bond donors (Lipinski definition) is 0. The lowest BCUT2D eigenvalue weighted by atomic mass is 9.93. The fraction of sp³-hybridized carbons (Fsp3) is 0.500. The van der Waals surface area contributed by atoms with Crippen LogP contribution in [-0.2, 0) is 21.4 Å². The molecule has 1 aliphatic carbocycles. The van der Waals surface area contributed by atoms with Gasteiger partial charge in [-0.3, -0.25) is 4.79 Å². The summed E-state index contributed by atoms with van der Waals surface area (Å²) in [4.78, 5) is 13.2. The predicted octanol–water partition coefficient (Wildman–Crippen LogP) is 2.93. The highest BCUT2D eigenvalue weighted by Gasteiger charge is 2.52. The molecule has 0 atom stereocenters. The Kier molecular flexibility index (Phi) is 2.66. The van der Waals surface area contributed by atoms with Crippen molar-refractivity contribution in [2.45, 2.75) is 36.0 Å². The molecule has 0 unspecified atom stereocenters. The first-order valence-electron chi connectivity index (χ1n) is 6.11. The number of rotatable bonds is 2. The molecule has 0 N–H and O–H groups in total. The van der Waals surface area contributed by atoms with Gasteiger partial charge in [-0.15, -0.1) is 11.8 Å². The van der Waals surface area contributed by atoms with Gasteiger partial charge >= 0.3 is 5.97 Å². The first kappa shape index (κ1) is 11.1. The average molecular weight is 248 g/mol. The molecule has 3 heteroatoms. The summed E-state index contributed by atoms with van der Waals surface area (Å²) in [5, 5.41) is 0. The van der Waals surface area contributed by atoms with Crippen molar-refractivity contribution in [3.05, 3.63) is 29.3 Å². The van der Waals surface area contributed by atoms with Crippen LogP contribution in [0.25, 0.3) is 0 Å². The van der Waals surface area contributed by atoms with E-state index in [9.17, 15) is 4.79 Å². The van der Waals surface area contributed by atoms with E-state index in [4.69, 9.17) is 4.74 Å². The van der Waals surface area contributed by atoms with Crippen LogP contribution < -0.4 is 0 Å². The highest BCUT2D eigenvalue weighted by Crippen LogP contribution is 2.50. The van der Waals surface area contributed by atoms with E-state index in [1.165, 1.54) is 29.7 Å². The highest BCUT2D eigenvalue weighted by atomic mass is 32.2. The van der Waals surface area contributed by atoms with E-state index in [-0.39, 0.29) is 11.4 Å². The monoisotopic (exact) mass is 248 g/mol. The van der Waals surface area contributed by atoms with Crippen LogP contribution >= 0.6 is 11.8 Å². The molecule has 2 aliphatic rings. The number of aryl methyl sites for hydroxylation is 1. The van der Waals surface area contributed by atoms with Crippen LogP contribution in [0.3, 0.4) is 0 Å². The van der Waals surface area contributed by atoms with E-state index < -0.39 is 0 Å². The minimum atomic E-state index is -0.314. The van der Waals surface area contributed by atoms with E-state index >= 15 is 0 Å². The molecule has 0 radical (unpaired) electrons. The van der Waals surface area contributed by atoms with Gasteiger partial charge in [0.15, 0.2) is 0 Å². The van der Waals surface area contributed by atoms with E-state index in [0.717, 1.165) is 24.8 Å². The molecular weight excluding hydrogens is 232 g/mol. The molecule has 2 nitrogen and oxygen atoms in total. The second kappa shape index (κ2) is 4.05. The summed E-state index contributed by atoms with van der Waals surface area (Å²) in [6.45, 7) is 0. The molecule has 0 spiro atoms. The van der Waals surface area contributed by atoms with Crippen molar-refractivity contribution in [2.75, 3.05) is 12.9 Å². The molecule has 1 aromatic carbocycles. The van der Waals surface area contributed by atoms with Gasteiger partial charge in [-0.25, -0.2) is 0 Å². The van der Waals surface area contributed by atoms with Crippen LogP contribution in [0.4, 0.5) is 0 Å². The molecule has 3 rings (SSSR count). The first-order valence-corrected chi connectivity index (χ1v) is 7.09. The molecular formula is C14H16O2S. The van der Waals surface area contributed by atoms with Gasteiger partial charge in [0.2, 0.25) is 0 Å². The Morgan fingerprint density at radius 2 is 2.24 bits per heavy atom. The minimum Gasteiger partial charge on any atom is -0.468 e. The van der Waals surface area contributed by atoms with E-state index in [0.29, 0.717) is 0 Å². The first-order chi connectivity index (χ1) is 8.26. The molecule has 1 aromatic rings. The van der Waals surface area contributed by atoms with Gasteiger partial charge in [-0.05, 0) is 48.6 Å². The summed E-state index contributed by atoms with van der Waals surface area (Å²) in [6.07, 6.45) is 4.26. The van der Waals surface area contributed by atoms with Crippen LogP contribution in [0.2, 0.25) is 0 Å². The molecule has 1 heterocycles. The Hall–Kier alpha value is -0.960. The molecule has 17 heavy (non-hydrogen) atoms. The fourth-order valence-corrected chi connectivity index (χ4v) is 3.61. The number of carbonyl (C=O) groups excluding carboxylic acids is 1. The molecule has 0 saturated heterocycles. The van der Waals surface area contributed by atoms with Crippen LogP contribution in [0.15, 0.2) is 23.1 Å². The van der Waals surface area contributed by atoms with Crippen LogP contribution in [0, 0.1) is 0 Å². The van der Waals surface area contributed by atoms with Crippen molar-refractivity contribution in [3.8, 4) is 0 Å². The summed E-state index contributed by atoms with van der Waals surface area (Å²) >= 11 is 1.93. The molecule has 90 valence electrons. The number of benzene rings is 1. The van der Waals surface area contributed by atoms with Crippen molar-refractivity contribution in [1.82, 2.24) is 0 Å². The highest BCUT2D eigenvalue weighted by molar-refractivity contribution is 7.99. The summed E-state index contributed by atoms with van der Waals surface area (Å²) in [6, 6.07) is 6.52. The number of esters is 1. The van der Waals surface area contributed by atoms with Crippen molar-refractivity contribution in [3.63, 3.8) is 0 Å². The SMILES string of the molecule is COC(=O)C1(c2ccc3c(c2)CCCS3)CC1. The van der Waals surface area contributed by atoms with E-state index in [1.807, 2.05) is 11.8 Å². The fourth-order valence-electron chi connectivity index (χ4n) is 2.59. The third kappa shape index (κ3) is 1.77. The van der Waals surface area contributed by atoms with Crippen LogP contribution in [-0.4, -0.2) is 18.8 Å². The minimum absolute atomic E-state index is 0.0686. The predicted molar refractivity (Wildman–Crippen MR) is 68.4 cm³/mol. The van der Waals surface area contributed by atoms with Gasteiger partial charge in [-0.2, -0.15) is 0 Å². The maximum Gasteiger partial charge on any atom is 0.316 e. The van der Waals surface area contributed by atoms with Crippen molar-refractivity contribution in [1.29, 1.82) is 0 Å². The van der Waals surface area contributed by atoms with Crippen LogP contribution in [0.5, 0.6) is 0 Å². The van der Waals surface area contributed by atoms with Gasteiger partial charge in [-0.1, -0.05) is 12.1 Å². The van der Waals surface area contributed by atoms with E-state index in [2.05, 4.69) is 18.2 Å².